The van der Waals surface area contributed by atoms with Crippen LogP contribution in [-0.4, -0.2) is 24.9 Å². The lowest BCUT2D eigenvalue weighted by molar-refractivity contribution is 0.721. The van der Waals surface area contributed by atoms with Crippen molar-refractivity contribution >= 4 is 35.1 Å². The van der Waals surface area contributed by atoms with Crippen molar-refractivity contribution in [1.29, 1.82) is 0 Å². The second kappa shape index (κ2) is 4.24. The van der Waals surface area contributed by atoms with Gasteiger partial charge in [-0.1, -0.05) is 24.0 Å². The Balaban J connectivity index is 2.10. The predicted octanol–water partition coefficient (Wildman–Crippen LogP) is 1.83. The molecule has 1 N–H and O–H groups in total. The van der Waals surface area contributed by atoms with Crippen molar-refractivity contribution in [3.8, 4) is 0 Å². The summed E-state index contributed by atoms with van der Waals surface area (Å²) in [7, 11) is 3.40. The lowest BCUT2D eigenvalue weighted by Gasteiger charge is -2.02. The van der Waals surface area contributed by atoms with Gasteiger partial charge in [-0.05, 0) is 18.8 Å². The molecule has 1 aliphatic carbocycles. The highest BCUT2D eigenvalue weighted by Gasteiger charge is 2.22. The monoisotopic (exact) mass is 282 g/mol. The highest BCUT2D eigenvalue weighted by molar-refractivity contribution is 7.99. The SMILES string of the molecule is Cn1c(=S)c2[nH]c(SCC3CC3)nc2n(C)c1=O. The Morgan fingerprint density at radius 3 is 2.83 bits per heavy atom. The molecule has 2 heterocycles. The fourth-order valence-corrected chi connectivity index (χ4v) is 3.13. The third-order valence-electron chi connectivity index (χ3n) is 3.23. The Kier molecular flexibility index (Phi) is 2.82. The largest absolute Gasteiger partial charge is 0.330 e. The minimum absolute atomic E-state index is 0.141. The van der Waals surface area contributed by atoms with E-state index >= 15 is 0 Å². The van der Waals surface area contributed by atoms with Crippen LogP contribution in [0.5, 0.6) is 0 Å². The van der Waals surface area contributed by atoms with Crippen molar-refractivity contribution in [3.63, 3.8) is 0 Å². The van der Waals surface area contributed by atoms with E-state index in [0.29, 0.717) is 10.3 Å². The van der Waals surface area contributed by atoms with Crippen molar-refractivity contribution in [2.24, 2.45) is 20.0 Å². The van der Waals surface area contributed by atoms with Crippen LogP contribution in [0.2, 0.25) is 0 Å². The number of aromatic amines is 1. The van der Waals surface area contributed by atoms with Crippen LogP contribution in [0.3, 0.4) is 0 Å². The molecule has 0 amide bonds. The summed E-state index contributed by atoms with van der Waals surface area (Å²) >= 11 is 6.98. The third-order valence-corrected chi connectivity index (χ3v) is 4.81. The highest BCUT2D eigenvalue weighted by Crippen LogP contribution is 2.34. The Bertz CT molecular complexity index is 723. The van der Waals surface area contributed by atoms with Crippen LogP contribution in [0.4, 0.5) is 0 Å². The molecule has 2 aromatic rings. The summed E-state index contributed by atoms with van der Waals surface area (Å²) in [5.74, 6) is 1.93. The number of rotatable bonds is 3. The Hall–Kier alpha value is -1.08. The zero-order valence-corrected chi connectivity index (χ0v) is 11.9. The number of H-pyrrole nitrogens is 1. The van der Waals surface area contributed by atoms with E-state index in [4.69, 9.17) is 12.2 Å². The Morgan fingerprint density at radius 1 is 1.44 bits per heavy atom. The number of hydrogen-bond acceptors (Lipinski definition) is 4. The summed E-state index contributed by atoms with van der Waals surface area (Å²) in [4.78, 5) is 19.6. The average molecular weight is 282 g/mol. The lowest BCUT2D eigenvalue weighted by atomic mass is 10.5. The van der Waals surface area contributed by atoms with Gasteiger partial charge in [0.15, 0.2) is 10.8 Å². The molecule has 5 nitrogen and oxygen atoms in total. The quantitative estimate of drug-likeness (QED) is 0.689. The molecular formula is C11H14N4OS2. The molecule has 2 aromatic heterocycles. The molecule has 1 saturated carbocycles. The van der Waals surface area contributed by atoms with Gasteiger partial charge in [0.1, 0.15) is 10.2 Å². The minimum atomic E-state index is -0.141. The van der Waals surface area contributed by atoms with E-state index in [1.807, 2.05) is 0 Å². The zero-order valence-electron chi connectivity index (χ0n) is 10.3. The molecule has 0 aliphatic heterocycles. The average Bonchev–Trinajstić information content (AvgIpc) is 3.10. The Morgan fingerprint density at radius 2 is 2.17 bits per heavy atom. The normalized spacial score (nSPS) is 15.4. The number of hydrogen-bond donors (Lipinski definition) is 1. The molecule has 3 rings (SSSR count). The second-order valence-corrected chi connectivity index (χ2v) is 6.10. The van der Waals surface area contributed by atoms with Crippen molar-refractivity contribution < 1.29 is 0 Å². The van der Waals surface area contributed by atoms with E-state index in [2.05, 4.69) is 9.97 Å². The molecule has 0 bridgehead atoms. The van der Waals surface area contributed by atoms with Gasteiger partial charge in [-0.3, -0.25) is 9.13 Å². The van der Waals surface area contributed by atoms with Crippen LogP contribution in [0.15, 0.2) is 9.95 Å². The molecule has 18 heavy (non-hydrogen) atoms. The van der Waals surface area contributed by atoms with E-state index in [1.54, 1.807) is 25.9 Å². The maximum Gasteiger partial charge on any atom is 0.330 e. The van der Waals surface area contributed by atoms with E-state index in [0.717, 1.165) is 22.3 Å². The minimum Gasteiger partial charge on any atom is -0.329 e. The summed E-state index contributed by atoms with van der Waals surface area (Å²) < 4.78 is 3.51. The fraction of sp³-hybridized carbons (Fsp3) is 0.545. The summed E-state index contributed by atoms with van der Waals surface area (Å²) in [6, 6.07) is 0. The molecule has 0 unspecified atom stereocenters. The van der Waals surface area contributed by atoms with Gasteiger partial charge in [0.2, 0.25) is 0 Å². The predicted molar refractivity (Wildman–Crippen MR) is 74.6 cm³/mol. The van der Waals surface area contributed by atoms with E-state index in [9.17, 15) is 4.79 Å². The molecule has 1 aliphatic rings. The number of aryl methyl sites for hydroxylation is 1. The number of thioether (sulfide) groups is 1. The van der Waals surface area contributed by atoms with Gasteiger partial charge in [0, 0.05) is 19.8 Å². The van der Waals surface area contributed by atoms with Crippen LogP contribution < -0.4 is 5.69 Å². The first kappa shape index (κ1) is 12.0. The van der Waals surface area contributed by atoms with Gasteiger partial charge in [-0.15, -0.1) is 0 Å². The van der Waals surface area contributed by atoms with Crippen molar-refractivity contribution in [1.82, 2.24) is 19.1 Å². The van der Waals surface area contributed by atoms with E-state index < -0.39 is 0 Å². The molecule has 1 fully saturated rings. The lowest BCUT2D eigenvalue weighted by Crippen LogP contribution is -2.27. The number of nitrogens with one attached hydrogen (secondary N) is 1. The number of aromatic nitrogens is 4. The number of nitrogens with zero attached hydrogens (tertiary/aromatic N) is 3. The number of imidazole rings is 1. The first-order chi connectivity index (χ1) is 8.58. The third kappa shape index (κ3) is 1.91. The molecular weight excluding hydrogens is 268 g/mol. The van der Waals surface area contributed by atoms with Gasteiger partial charge in [-0.2, -0.15) is 0 Å². The highest BCUT2D eigenvalue weighted by atomic mass is 32.2. The van der Waals surface area contributed by atoms with Crippen LogP contribution in [0, 0.1) is 10.6 Å². The second-order valence-electron chi connectivity index (χ2n) is 4.70. The van der Waals surface area contributed by atoms with Crippen LogP contribution in [-0.2, 0) is 14.1 Å². The maximum absolute atomic E-state index is 11.9. The van der Waals surface area contributed by atoms with E-state index in [-0.39, 0.29) is 5.69 Å². The topological polar surface area (TPSA) is 55.6 Å². The maximum atomic E-state index is 11.9. The molecule has 96 valence electrons. The first-order valence-corrected chi connectivity index (χ1v) is 7.26. The molecule has 0 spiro atoms. The summed E-state index contributed by atoms with van der Waals surface area (Å²) in [6.07, 6.45) is 2.65. The molecule has 0 saturated heterocycles. The molecule has 0 aromatic carbocycles. The van der Waals surface area contributed by atoms with Gasteiger partial charge >= 0.3 is 5.69 Å². The first-order valence-electron chi connectivity index (χ1n) is 5.86. The van der Waals surface area contributed by atoms with Gasteiger partial charge in [0.05, 0.1) is 0 Å². The summed E-state index contributed by atoms with van der Waals surface area (Å²) in [5, 5.41) is 0.851. The molecule has 7 heteroatoms. The zero-order chi connectivity index (χ0) is 12.9. The van der Waals surface area contributed by atoms with Crippen LogP contribution in [0.1, 0.15) is 12.8 Å². The van der Waals surface area contributed by atoms with E-state index in [1.165, 1.54) is 22.0 Å². The summed E-state index contributed by atoms with van der Waals surface area (Å²) in [5.41, 5.74) is 1.27. The fourth-order valence-electron chi connectivity index (χ4n) is 1.85. The van der Waals surface area contributed by atoms with Crippen LogP contribution >= 0.6 is 24.0 Å². The van der Waals surface area contributed by atoms with Crippen LogP contribution in [0.25, 0.3) is 11.2 Å². The molecule has 0 atom stereocenters. The summed E-state index contributed by atoms with van der Waals surface area (Å²) in [6.45, 7) is 0. The smallest absolute Gasteiger partial charge is 0.329 e. The number of fused-ring (bicyclic) bond motifs is 1. The van der Waals surface area contributed by atoms with Gasteiger partial charge in [-0.25, -0.2) is 9.78 Å². The molecule has 0 radical (unpaired) electrons. The van der Waals surface area contributed by atoms with Crippen molar-refractivity contribution in [2.45, 2.75) is 18.0 Å². The van der Waals surface area contributed by atoms with Gasteiger partial charge < -0.3 is 4.98 Å². The van der Waals surface area contributed by atoms with Crippen molar-refractivity contribution in [3.05, 3.63) is 15.1 Å². The van der Waals surface area contributed by atoms with Crippen molar-refractivity contribution in [2.75, 3.05) is 5.75 Å². The standard InChI is InChI=1S/C11H14N4OS2/c1-14-8-7(9(17)15(2)11(14)16)12-10(13-8)18-5-6-3-4-6/h6H,3-5H2,1-2H3,(H,12,13). The Labute approximate surface area is 113 Å². The van der Waals surface area contributed by atoms with Gasteiger partial charge in [0.25, 0.3) is 0 Å².